The van der Waals surface area contributed by atoms with Gasteiger partial charge in [-0.25, -0.2) is 4.79 Å². The van der Waals surface area contributed by atoms with E-state index >= 15 is 0 Å². The van der Waals surface area contributed by atoms with Crippen molar-refractivity contribution in [2.24, 2.45) is 5.92 Å². The second-order valence-corrected chi connectivity index (χ2v) is 8.57. The third kappa shape index (κ3) is 7.19. The van der Waals surface area contributed by atoms with E-state index in [1.54, 1.807) is 13.8 Å². The Hall–Kier alpha value is -4.66. The summed E-state index contributed by atoms with van der Waals surface area (Å²) in [4.78, 5) is 63.0. The highest BCUT2D eigenvalue weighted by Gasteiger charge is 2.29. The van der Waals surface area contributed by atoms with Crippen LogP contribution in [0.4, 0.5) is 5.69 Å². The number of ether oxygens (including phenoxy) is 1. The van der Waals surface area contributed by atoms with Gasteiger partial charge in [-0.2, -0.15) is 0 Å². The lowest BCUT2D eigenvalue weighted by Crippen LogP contribution is -2.43. The third-order valence-electron chi connectivity index (χ3n) is 5.81. The molecule has 3 atom stereocenters. The van der Waals surface area contributed by atoms with Gasteiger partial charge >= 0.3 is 5.97 Å². The molecule has 3 heterocycles. The van der Waals surface area contributed by atoms with Crippen molar-refractivity contribution in [2.45, 2.75) is 45.2 Å². The molecule has 3 amide bonds. The number of pyridine rings is 1. The minimum Gasteiger partial charge on any atom is -0.463 e. The SMILES string of the molecule is C#CC[C@@H](C(=O)NC(/C=C/C(=O)OCC)C[C@@H]1CCNC1=O)n1cccc(NC(=O)c2cc(C)on2)c1=O. The zero-order chi connectivity index (χ0) is 27.7. The molecule has 2 aromatic rings. The molecule has 1 aliphatic heterocycles. The Labute approximate surface area is 218 Å². The second-order valence-electron chi connectivity index (χ2n) is 8.57. The predicted octanol–water partition coefficient (Wildman–Crippen LogP) is 1.09. The second kappa shape index (κ2) is 13.0. The van der Waals surface area contributed by atoms with Crippen LogP contribution in [0.15, 0.2) is 45.9 Å². The Bertz CT molecular complexity index is 1320. The fourth-order valence-corrected chi connectivity index (χ4v) is 3.97. The number of terminal acetylenes is 1. The number of amides is 3. The highest BCUT2D eigenvalue weighted by atomic mass is 16.5. The molecule has 1 aliphatic rings. The Balaban J connectivity index is 1.83. The van der Waals surface area contributed by atoms with Crippen LogP contribution in [0.1, 0.15) is 48.5 Å². The van der Waals surface area contributed by atoms with Crippen molar-refractivity contribution in [3.05, 3.63) is 58.4 Å². The number of carbonyl (C=O) groups is 4. The Morgan fingerprint density at radius 2 is 2.18 bits per heavy atom. The molecule has 12 heteroatoms. The van der Waals surface area contributed by atoms with Gasteiger partial charge in [-0.1, -0.05) is 11.2 Å². The maximum Gasteiger partial charge on any atom is 0.330 e. The van der Waals surface area contributed by atoms with Crippen LogP contribution < -0.4 is 21.5 Å². The molecular weight excluding hydrogens is 494 g/mol. The van der Waals surface area contributed by atoms with Crippen molar-refractivity contribution in [3.63, 3.8) is 0 Å². The van der Waals surface area contributed by atoms with Crippen molar-refractivity contribution in [1.29, 1.82) is 0 Å². The maximum absolute atomic E-state index is 13.4. The first kappa shape index (κ1) is 27.9. The molecule has 1 unspecified atom stereocenters. The average molecular weight is 524 g/mol. The number of nitrogens with one attached hydrogen (secondary N) is 3. The van der Waals surface area contributed by atoms with E-state index in [0.717, 1.165) is 4.57 Å². The van der Waals surface area contributed by atoms with Gasteiger partial charge in [0.25, 0.3) is 11.5 Å². The third-order valence-corrected chi connectivity index (χ3v) is 5.81. The van der Waals surface area contributed by atoms with E-state index in [4.69, 9.17) is 15.7 Å². The average Bonchev–Trinajstić information content (AvgIpc) is 3.50. The number of esters is 1. The molecule has 0 radical (unpaired) electrons. The lowest BCUT2D eigenvalue weighted by atomic mass is 9.97. The molecule has 38 heavy (non-hydrogen) atoms. The highest BCUT2D eigenvalue weighted by Crippen LogP contribution is 2.19. The van der Waals surface area contributed by atoms with E-state index in [9.17, 15) is 24.0 Å². The minimum absolute atomic E-state index is 0.0117. The van der Waals surface area contributed by atoms with Gasteiger partial charge in [-0.3, -0.25) is 19.2 Å². The van der Waals surface area contributed by atoms with Crippen LogP contribution in [0.25, 0.3) is 0 Å². The van der Waals surface area contributed by atoms with E-state index in [1.807, 2.05) is 0 Å². The molecule has 200 valence electrons. The van der Waals surface area contributed by atoms with Gasteiger partial charge in [0.05, 0.1) is 6.61 Å². The van der Waals surface area contributed by atoms with Crippen LogP contribution in [-0.2, 0) is 19.1 Å². The molecule has 2 aromatic heterocycles. The minimum atomic E-state index is -1.13. The molecule has 3 rings (SSSR count). The number of aromatic nitrogens is 2. The van der Waals surface area contributed by atoms with Crippen molar-refractivity contribution >= 4 is 29.4 Å². The quantitative estimate of drug-likeness (QED) is 0.224. The molecule has 0 aliphatic carbocycles. The Morgan fingerprint density at radius 3 is 2.82 bits per heavy atom. The molecular formula is C26H29N5O7. The fraction of sp³-hybridized carbons (Fsp3) is 0.385. The van der Waals surface area contributed by atoms with Crippen LogP contribution in [0.2, 0.25) is 0 Å². The van der Waals surface area contributed by atoms with Crippen molar-refractivity contribution in [3.8, 4) is 12.3 Å². The van der Waals surface area contributed by atoms with Gasteiger partial charge in [-0.15, -0.1) is 12.3 Å². The van der Waals surface area contributed by atoms with Crippen LogP contribution in [0, 0.1) is 25.2 Å². The summed E-state index contributed by atoms with van der Waals surface area (Å²) in [5, 5.41) is 11.6. The van der Waals surface area contributed by atoms with Crippen molar-refractivity contribution in [1.82, 2.24) is 20.4 Å². The van der Waals surface area contributed by atoms with Gasteiger partial charge in [0.1, 0.15) is 17.5 Å². The summed E-state index contributed by atoms with van der Waals surface area (Å²) in [7, 11) is 0. The standard InChI is InChI=1S/C26H29N5O7/c1-4-7-21(31-13-6-8-19(26(31)36)29-24(34)20-14-16(3)38-30-20)25(35)28-18(9-10-22(32)37-5-2)15-17-11-12-27-23(17)33/h1,6,8-10,13-14,17-18,21H,5,7,11-12,15H2,2-3H3,(H,27,33)(H,28,35)(H,29,34)/b10-9+/t17-,18?,21-/m0/s1. The Morgan fingerprint density at radius 1 is 1.39 bits per heavy atom. The predicted molar refractivity (Wildman–Crippen MR) is 136 cm³/mol. The first-order valence-corrected chi connectivity index (χ1v) is 12.1. The first-order valence-electron chi connectivity index (χ1n) is 12.1. The van der Waals surface area contributed by atoms with Crippen LogP contribution in [-0.4, -0.2) is 52.6 Å². The number of hydrogen-bond acceptors (Lipinski definition) is 8. The molecule has 0 saturated carbocycles. The zero-order valence-electron chi connectivity index (χ0n) is 21.1. The summed E-state index contributed by atoms with van der Waals surface area (Å²) >= 11 is 0. The van der Waals surface area contributed by atoms with Gasteiger partial charge in [0, 0.05) is 43.3 Å². The van der Waals surface area contributed by atoms with Gasteiger partial charge in [0.2, 0.25) is 11.8 Å². The molecule has 1 saturated heterocycles. The Kier molecular flexibility index (Phi) is 9.59. The first-order chi connectivity index (χ1) is 18.2. The van der Waals surface area contributed by atoms with Crippen LogP contribution >= 0.6 is 0 Å². The summed E-state index contributed by atoms with van der Waals surface area (Å²) in [6, 6.07) is 2.45. The van der Waals surface area contributed by atoms with Gasteiger partial charge in [0.15, 0.2) is 5.69 Å². The molecule has 1 fully saturated rings. The lowest BCUT2D eigenvalue weighted by molar-refractivity contribution is -0.137. The van der Waals surface area contributed by atoms with Gasteiger partial charge < -0.3 is 29.8 Å². The monoisotopic (exact) mass is 523 g/mol. The molecule has 0 bridgehead atoms. The summed E-state index contributed by atoms with van der Waals surface area (Å²) < 4.78 is 10.9. The molecule has 0 spiro atoms. The number of anilines is 1. The molecule has 0 aromatic carbocycles. The number of carbonyl (C=O) groups excluding carboxylic acids is 4. The van der Waals surface area contributed by atoms with E-state index < -0.39 is 35.4 Å². The van der Waals surface area contributed by atoms with Gasteiger partial charge in [-0.05, 0) is 38.8 Å². The smallest absolute Gasteiger partial charge is 0.330 e. The summed E-state index contributed by atoms with van der Waals surface area (Å²) in [5.41, 5.74) is -0.762. The van der Waals surface area contributed by atoms with Crippen molar-refractivity contribution in [2.75, 3.05) is 18.5 Å². The molecule has 3 N–H and O–H groups in total. The number of hydrogen-bond donors (Lipinski definition) is 3. The van der Waals surface area contributed by atoms with E-state index in [-0.39, 0.29) is 42.7 Å². The van der Waals surface area contributed by atoms with E-state index in [2.05, 4.69) is 27.0 Å². The number of nitrogens with zero attached hydrogens (tertiary/aromatic N) is 2. The van der Waals surface area contributed by atoms with Crippen LogP contribution in [0.3, 0.4) is 0 Å². The normalized spacial score (nSPS) is 16.3. The summed E-state index contributed by atoms with van der Waals surface area (Å²) in [6.45, 7) is 3.99. The van der Waals surface area contributed by atoms with E-state index in [1.165, 1.54) is 36.5 Å². The fourth-order valence-electron chi connectivity index (χ4n) is 3.97. The zero-order valence-corrected chi connectivity index (χ0v) is 21.1. The maximum atomic E-state index is 13.4. The van der Waals surface area contributed by atoms with Crippen molar-refractivity contribution < 1.29 is 28.4 Å². The van der Waals surface area contributed by atoms with Crippen LogP contribution in [0.5, 0.6) is 0 Å². The lowest BCUT2D eigenvalue weighted by Gasteiger charge is -2.23. The number of rotatable bonds is 11. The van der Waals surface area contributed by atoms with E-state index in [0.29, 0.717) is 18.7 Å². The highest BCUT2D eigenvalue weighted by molar-refractivity contribution is 6.02. The summed E-state index contributed by atoms with van der Waals surface area (Å²) in [5.74, 6) is 0.466. The number of aryl methyl sites for hydroxylation is 1. The summed E-state index contributed by atoms with van der Waals surface area (Å²) in [6.07, 6.45) is 10.2. The largest absolute Gasteiger partial charge is 0.463 e. The topological polar surface area (TPSA) is 162 Å². The molecule has 12 nitrogen and oxygen atoms in total.